The van der Waals surface area contributed by atoms with Crippen LogP contribution >= 0.6 is 22.9 Å². The summed E-state index contributed by atoms with van der Waals surface area (Å²) in [7, 11) is 0. The average Bonchev–Trinajstić information content (AvgIpc) is 3.06. The minimum Gasteiger partial charge on any atom is -0.489 e. The van der Waals surface area contributed by atoms with E-state index in [0.29, 0.717) is 17.4 Å². The van der Waals surface area contributed by atoms with E-state index in [1.807, 2.05) is 18.2 Å². The van der Waals surface area contributed by atoms with Crippen molar-refractivity contribution in [1.29, 1.82) is 0 Å². The van der Waals surface area contributed by atoms with E-state index < -0.39 is 0 Å². The monoisotopic (exact) mass is 404 g/mol. The van der Waals surface area contributed by atoms with E-state index in [2.05, 4.69) is 15.3 Å². The molecule has 1 aromatic carbocycles. The van der Waals surface area contributed by atoms with Crippen LogP contribution in [0.15, 0.2) is 30.5 Å². The zero-order valence-corrected chi connectivity index (χ0v) is 16.3. The third-order valence-electron chi connectivity index (χ3n) is 4.79. The molecule has 27 heavy (non-hydrogen) atoms. The highest BCUT2D eigenvalue weighted by Gasteiger charge is 2.23. The maximum absolute atomic E-state index is 10.1. The van der Waals surface area contributed by atoms with Crippen molar-refractivity contribution in [2.75, 3.05) is 11.1 Å². The van der Waals surface area contributed by atoms with Crippen molar-refractivity contribution in [2.45, 2.75) is 44.4 Å². The molecule has 1 aliphatic carbocycles. The first-order valence-electron chi connectivity index (χ1n) is 8.97. The fraction of sp³-hybridized carbons (Fsp3) is 0.368. The van der Waals surface area contributed by atoms with Crippen molar-refractivity contribution in [2.24, 2.45) is 0 Å². The summed E-state index contributed by atoms with van der Waals surface area (Å²) in [5.74, 6) is 1.04. The van der Waals surface area contributed by atoms with Crippen molar-refractivity contribution in [3.05, 3.63) is 41.0 Å². The van der Waals surface area contributed by atoms with Crippen LogP contribution in [0.3, 0.4) is 0 Å². The predicted molar refractivity (Wildman–Crippen MR) is 109 cm³/mol. The van der Waals surface area contributed by atoms with Gasteiger partial charge in [-0.1, -0.05) is 35.8 Å². The van der Waals surface area contributed by atoms with Gasteiger partial charge in [-0.3, -0.25) is 0 Å². The quantitative estimate of drug-likeness (QED) is 0.589. The number of thiazole rings is 1. The number of hydrogen-bond donors (Lipinski definition) is 3. The van der Waals surface area contributed by atoms with E-state index in [1.54, 1.807) is 23.6 Å². The van der Waals surface area contributed by atoms with Crippen LogP contribution in [0.2, 0.25) is 5.02 Å². The number of rotatable bonds is 5. The molecule has 4 rings (SSSR count). The number of hydrogen-bond acceptors (Lipinski definition) is 7. The van der Waals surface area contributed by atoms with Gasteiger partial charge >= 0.3 is 0 Å². The summed E-state index contributed by atoms with van der Waals surface area (Å²) in [4.78, 5) is 8.57. The highest BCUT2D eigenvalue weighted by molar-refractivity contribution is 7.22. The molecule has 1 saturated carbocycles. The Kier molecular flexibility index (Phi) is 5.33. The second-order valence-electron chi connectivity index (χ2n) is 6.71. The summed E-state index contributed by atoms with van der Waals surface area (Å²) in [6.07, 6.45) is 5.36. The Bertz CT molecular complexity index is 949. The van der Waals surface area contributed by atoms with Gasteiger partial charge in [0.15, 0.2) is 5.13 Å². The summed E-state index contributed by atoms with van der Waals surface area (Å²) in [6, 6.07) is 7.66. The molecule has 2 atom stereocenters. The molecule has 1 fully saturated rings. The maximum atomic E-state index is 10.1. The van der Waals surface area contributed by atoms with Crippen LogP contribution < -0.4 is 15.8 Å². The maximum Gasteiger partial charge on any atom is 0.184 e. The minimum atomic E-state index is -0.304. The molecule has 0 radical (unpaired) electrons. The zero-order chi connectivity index (χ0) is 18.8. The average molecular weight is 405 g/mol. The lowest BCUT2D eigenvalue weighted by atomic mass is 9.93. The molecule has 6 nitrogen and oxygen atoms in total. The molecule has 8 heteroatoms. The molecule has 0 amide bonds. The molecule has 0 bridgehead atoms. The number of pyridine rings is 1. The van der Waals surface area contributed by atoms with E-state index in [4.69, 9.17) is 22.1 Å². The Morgan fingerprint density at radius 2 is 2.15 bits per heavy atom. The molecular formula is C19H21ClN4O2S. The van der Waals surface area contributed by atoms with Crippen LogP contribution in [-0.4, -0.2) is 27.2 Å². The fourth-order valence-corrected chi connectivity index (χ4v) is 4.39. The number of anilines is 2. The summed E-state index contributed by atoms with van der Waals surface area (Å²) < 4.78 is 6.89. The molecule has 0 aliphatic heterocycles. The molecule has 2 aromatic heterocycles. The zero-order valence-electron chi connectivity index (χ0n) is 14.7. The second kappa shape index (κ2) is 7.88. The third-order valence-corrected chi connectivity index (χ3v) is 6.17. The molecule has 0 spiro atoms. The van der Waals surface area contributed by atoms with Gasteiger partial charge in [-0.2, -0.15) is 0 Å². The van der Waals surface area contributed by atoms with E-state index in [9.17, 15) is 5.11 Å². The van der Waals surface area contributed by atoms with Gasteiger partial charge in [0.25, 0.3) is 0 Å². The number of aliphatic hydroxyl groups excluding tert-OH is 1. The molecule has 1 unspecified atom stereocenters. The van der Waals surface area contributed by atoms with Gasteiger partial charge in [0.1, 0.15) is 18.2 Å². The normalized spacial score (nSPS) is 19.9. The minimum absolute atomic E-state index is 0.0781. The Balaban J connectivity index is 1.46. The SMILES string of the molecule is Nc1nccc(COc2ccc3nc(NC4CCCC[C@@H]4O)sc3c2)c1Cl. The summed E-state index contributed by atoms with van der Waals surface area (Å²) >= 11 is 7.72. The van der Waals surface area contributed by atoms with Crippen LogP contribution in [0.4, 0.5) is 10.9 Å². The number of halogens is 1. The van der Waals surface area contributed by atoms with Crippen molar-refractivity contribution >= 4 is 44.1 Å². The van der Waals surface area contributed by atoms with Gasteiger partial charge in [-0.25, -0.2) is 9.97 Å². The number of nitrogens with one attached hydrogen (secondary N) is 1. The van der Waals surface area contributed by atoms with E-state index in [1.165, 1.54) is 0 Å². The Morgan fingerprint density at radius 3 is 3.00 bits per heavy atom. The van der Waals surface area contributed by atoms with Crippen LogP contribution in [0.25, 0.3) is 10.2 Å². The van der Waals surface area contributed by atoms with Gasteiger partial charge < -0.3 is 20.9 Å². The topological polar surface area (TPSA) is 93.3 Å². The lowest BCUT2D eigenvalue weighted by molar-refractivity contribution is 0.116. The molecule has 3 aromatic rings. The number of aliphatic hydroxyl groups is 1. The Morgan fingerprint density at radius 1 is 1.30 bits per heavy atom. The van der Waals surface area contributed by atoms with Gasteiger partial charge in [-0.05, 0) is 37.1 Å². The lowest BCUT2D eigenvalue weighted by Gasteiger charge is -2.27. The molecular weight excluding hydrogens is 384 g/mol. The summed E-state index contributed by atoms with van der Waals surface area (Å²) in [6.45, 7) is 0.315. The largest absolute Gasteiger partial charge is 0.489 e. The number of nitrogen functional groups attached to an aromatic ring is 1. The number of nitrogens with zero attached hydrogens (tertiary/aromatic N) is 2. The molecule has 1 aliphatic rings. The Labute approximate surface area is 166 Å². The van der Waals surface area contributed by atoms with Crippen molar-refractivity contribution in [3.63, 3.8) is 0 Å². The smallest absolute Gasteiger partial charge is 0.184 e. The highest BCUT2D eigenvalue weighted by Crippen LogP contribution is 2.32. The van der Waals surface area contributed by atoms with Crippen LogP contribution in [0.5, 0.6) is 5.75 Å². The van der Waals surface area contributed by atoms with Crippen molar-refractivity contribution in [1.82, 2.24) is 9.97 Å². The number of ether oxygens (including phenoxy) is 1. The van der Waals surface area contributed by atoms with Gasteiger partial charge in [0, 0.05) is 11.8 Å². The molecule has 2 heterocycles. The fourth-order valence-electron chi connectivity index (χ4n) is 3.27. The lowest BCUT2D eigenvalue weighted by Crippen LogP contribution is -2.36. The van der Waals surface area contributed by atoms with Crippen molar-refractivity contribution in [3.8, 4) is 5.75 Å². The van der Waals surface area contributed by atoms with Crippen LogP contribution in [0.1, 0.15) is 31.2 Å². The number of fused-ring (bicyclic) bond motifs is 1. The second-order valence-corrected chi connectivity index (χ2v) is 8.12. The standard InChI is InChI=1S/C19H21ClN4O2S/c20-17-11(7-8-22-18(17)21)10-26-12-5-6-14-16(9-12)27-19(24-14)23-13-3-1-2-4-15(13)25/h5-9,13,15,25H,1-4,10H2,(H2,21,22)(H,23,24)/t13?,15-/m0/s1. The van der Waals surface area contributed by atoms with Crippen molar-refractivity contribution < 1.29 is 9.84 Å². The summed E-state index contributed by atoms with van der Waals surface area (Å²) in [5, 5.41) is 14.8. The molecule has 142 valence electrons. The highest BCUT2D eigenvalue weighted by atomic mass is 35.5. The van der Waals surface area contributed by atoms with E-state index >= 15 is 0 Å². The first-order valence-corrected chi connectivity index (χ1v) is 10.2. The predicted octanol–water partition coefficient (Wildman–Crippen LogP) is 4.22. The van der Waals surface area contributed by atoms with E-state index in [0.717, 1.165) is 52.3 Å². The van der Waals surface area contributed by atoms with E-state index in [-0.39, 0.29) is 12.1 Å². The number of aromatic nitrogens is 2. The van der Waals surface area contributed by atoms with Crippen LogP contribution in [0, 0.1) is 0 Å². The molecule has 4 N–H and O–H groups in total. The van der Waals surface area contributed by atoms with Gasteiger partial charge in [0.05, 0.1) is 27.4 Å². The third kappa shape index (κ3) is 4.10. The first-order chi connectivity index (χ1) is 13.1. The first kappa shape index (κ1) is 18.3. The molecule has 0 saturated heterocycles. The van der Waals surface area contributed by atoms with Crippen LogP contribution in [-0.2, 0) is 6.61 Å². The number of benzene rings is 1. The number of nitrogens with two attached hydrogens (primary N) is 1. The van der Waals surface area contributed by atoms with Gasteiger partial charge in [-0.15, -0.1) is 0 Å². The summed E-state index contributed by atoms with van der Waals surface area (Å²) in [5.41, 5.74) is 7.43. The van der Waals surface area contributed by atoms with Gasteiger partial charge in [0.2, 0.25) is 0 Å². The Hall–Kier alpha value is -2.09.